The molecule has 0 radical (unpaired) electrons. The van der Waals surface area contributed by atoms with E-state index in [0.29, 0.717) is 29.9 Å². The number of carbonyl (C=O) groups excluding carboxylic acids is 2. The molecule has 0 spiro atoms. The highest BCUT2D eigenvalue weighted by Gasteiger charge is 2.27. The maximum Gasteiger partial charge on any atom is 0.355 e. The van der Waals surface area contributed by atoms with Gasteiger partial charge in [0.1, 0.15) is 5.69 Å². The minimum atomic E-state index is -0.405. The number of esters is 1. The molecule has 30 heavy (non-hydrogen) atoms. The molecule has 1 heterocycles. The number of aromatic nitrogens is 1. The number of nitrogens with one attached hydrogen (secondary N) is 1. The minimum Gasteiger partial charge on any atom is -0.461 e. The van der Waals surface area contributed by atoms with Gasteiger partial charge in [0.05, 0.1) is 12.2 Å². The third-order valence-electron chi connectivity index (χ3n) is 5.19. The Morgan fingerprint density at radius 3 is 2.13 bits per heavy atom. The molecule has 3 aromatic rings. The van der Waals surface area contributed by atoms with E-state index in [1.807, 2.05) is 79.1 Å². The molecular weight excluding hydrogens is 376 g/mol. The van der Waals surface area contributed by atoms with Crippen LogP contribution in [0.3, 0.4) is 0 Å². The normalized spacial score (nSPS) is 10.6. The lowest BCUT2D eigenvalue weighted by Gasteiger charge is -2.12. The number of benzene rings is 2. The van der Waals surface area contributed by atoms with Crippen molar-refractivity contribution in [1.82, 2.24) is 9.88 Å². The largest absolute Gasteiger partial charge is 0.461 e. The van der Waals surface area contributed by atoms with E-state index in [4.69, 9.17) is 4.74 Å². The van der Waals surface area contributed by atoms with Crippen molar-refractivity contribution in [2.75, 3.05) is 13.2 Å². The molecule has 0 saturated carbocycles. The maximum absolute atomic E-state index is 13.0. The first kappa shape index (κ1) is 21.4. The predicted molar refractivity (Wildman–Crippen MR) is 118 cm³/mol. The molecule has 0 bridgehead atoms. The quantitative estimate of drug-likeness (QED) is 0.570. The summed E-state index contributed by atoms with van der Waals surface area (Å²) in [6.45, 7) is 6.78. The number of carbonyl (C=O) groups is 2. The Balaban J connectivity index is 1.87. The zero-order valence-electron chi connectivity index (χ0n) is 17.8. The summed E-state index contributed by atoms with van der Waals surface area (Å²) >= 11 is 0. The van der Waals surface area contributed by atoms with E-state index in [-0.39, 0.29) is 12.5 Å². The molecule has 2 aromatic carbocycles. The smallest absolute Gasteiger partial charge is 0.355 e. The molecule has 0 unspecified atom stereocenters. The molecule has 5 heteroatoms. The van der Waals surface area contributed by atoms with E-state index < -0.39 is 5.97 Å². The zero-order chi connectivity index (χ0) is 21.5. The lowest BCUT2D eigenvalue weighted by molar-refractivity contribution is 0.0513. The molecule has 0 aliphatic carbocycles. The van der Waals surface area contributed by atoms with Crippen LogP contribution in [0.4, 0.5) is 0 Å². The van der Waals surface area contributed by atoms with Gasteiger partial charge in [0, 0.05) is 18.8 Å². The van der Waals surface area contributed by atoms with Crippen molar-refractivity contribution in [3.05, 3.63) is 94.3 Å². The van der Waals surface area contributed by atoms with Crippen LogP contribution in [0.15, 0.2) is 60.7 Å². The third kappa shape index (κ3) is 4.79. The molecule has 1 N–H and O–H groups in total. The molecule has 0 saturated heterocycles. The zero-order valence-corrected chi connectivity index (χ0v) is 17.8. The van der Waals surface area contributed by atoms with Crippen LogP contribution in [-0.4, -0.2) is 29.6 Å². The number of hydrogen-bond acceptors (Lipinski definition) is 3. The molecule has 3 rings (SSSR count). The van der Waals surface area contributed by atoms with Crippen LogP contribution in [0.25, 0.3) is 0 Å². The maximum atomic E-state index is 13.0. The molecular formula is C25H28N2O3. The molecule has 0 aliphatic heterocycles. The topological polar surface area (TPSA) is 60.3 Å². The van der Waals surface area contributed by atoms with Crippen LogP contribution in [-0.2, 0) is 17.7 Å². The Morgan fingerprint density at radius 1 is 0.933 bits per heavy atom. The third-order valence-corrected chi connectivity index (χ3v) is 5.19. The van der Waals surface area contributed by atoms with Crippen LogP contribution in [0.1, 0.15) is 50.2 Å². The van der Waals surface area contributed by atoms with Crippen LogP contribution >= 0.6 is 0 Å². The highest BCUT2D eigenvalue weighted by atomic mass is 16.5. The number of hydrogen-bond donors (Lipinski definition) is 1. The van der Waals surface area contributed by atoms with Crippen molar-refractivity contribution in [3.8, 4) is 0 Å². The summed E-state index contributed by atoms with van der Waals surface area (Å²) in [5.41, 5.74) is 4.61. The first-order valence-corrected chi connectivity index (χ1v) is 10.3. The summed E-state index contributed by atoms with van der Waals surface area (Å²) in [4.78, 5) is 25.7. The standard InChI is InChI=1S/C25H28N2O3/c1-4-30-25(29)23-18(2)22(19(3)27(23)17-21-13-9-6-10-14-21)24(28)26-16-15-20-11-7-5-8-12-20/h5-14H,4,15-17H2,1-3H3,(H,26,28). The van der Waals surface area contributed by atoms with E-state index in [0.717, 1.165) is 17.7 Å². The molecule has 5 nitrogen and oxygen atoms in total. The van der Waals surface area contributed by atoms with Gasteiger partial charge in [-0.05, 0) is 43.9 Å². The summed E-state index contributed by atoms with van der Waals surface area (Å²) in [5, 5.41) is 3.00. The first-order valence-electron chi connectivity index (χ1n) is 10.3. The Morgan fingerprint density at radius 2 is 1.53 bits per heavy atom. The predicted octanol–water partition coefficient (Wildman–Crippen LogP) is 4.30. The van der Waals surface area contributed by atoms with Gasteiger partial charge in [-0.2, -0.15) is 0 Å². The van der Waals surface area contributed by atoms with Gasteiger partial charge < -0.3 is 14.6 Å². The summed E-state index contributed by atoms with van der Waals surface area (Å²) in [7, 11) is 0. The fourth-order valence-corrected chi connectivity index (χ4v) is 3.71. The molecule has 1 amide bonds. The van der Waals surface area contributed by atoms with Crippen LogP contribution in [0.2, 0.25) is 0 Å². The van der Waals surface area contributed by atoms with Crippen LogP contribution < -0.4 is 5.32 Å². The molecule has 0 fully saturated rings. The van der Waals surface area contributed by atoms with Gasteiger partial charge >= 0.3 is 5.97 Å². The van der Waals surface area contributed by atoms with E-state index >= 15 is 0 Å². The first-order chi connectivity index (χ1) is 14.5. The van der Waals surface area contributed by atoms with Crippen molar-refractivity contribution in [2.45, 2.75) is 33.7 Å². The van der Waals surface area contributed by atoms with Crippen molar-refractivity contribution in [1.29, 1.82) is 0 Å². The number of rotatable bonds is 8. The van der Waals surface area contributed by atoms with E-state index in [1.54, 1.807) is 6.92 Å². The lowest BCUT2D eigenvalue weighted by Crippen LogP contribution is -2.26. The van der Waals surface area contributed by atoms with E-state index in [1.165, 1.54) is 5.56 Å². The van der Waals surface area contributed by atoms with E-state index in [2.05, 4.69) is 5.32 Å². The van der Waals surface area contributed by atoms with Gasteiger partial charge in [0.25, 0.3) is 5.91 Å². The van der Waals surface area contributed by atoms with E-state index in [9.17, 15) is 9.59 Å². The number of amides is 1. The fraction of sp³-hybridized carbons (Fsp3) is 0.280. The van der Waals surface area contributed by atoms with Gasteiger partial charge in [-0.15, -0.1) is 0 Å². The van der Waals surface area contributed by atoms with Crippen LogP contribution in [0, 0.1) is 13.8 Å². The van der Waals surface area contributed by atoms with Gasteiger partial charge in [-0.25, -0.2) is 4.79 Å². The second kappa shape index (κ2) is 9.92. The second-order valence-electron chi connectivity index (χ2n) is 7.22. The summed E-state index contributed by atoms with van der Waals surface area (Å²) in [5.74, 6) is -0.573. The molecule has 0 aliphatic rings. The second-order valence-corrected chi connectivity index (χ2v) is 7.22. The van der Waals surface area contributed by atoms with Crippen molar-refractivity contribution in [2.24, 2.45) is 0 Å². The lowest BCUT2D eigenvalue weighted by atomic mass is 10.1. The number of nitrogens with zero attached hydrogens (tertiary/aromatic N) is 1. The Labute approximate surface area is 177 Å². The average molecular weight is 405 g/mol. The molecule has 1 aromatic heterocycles. The average Bonchev–Trinajstić information content (AvgIpc) is 2.99. The Kier molecular flexibility index (Phi) is 7.07. The highest BCUT2D eigenvalue weighted by Crippen LogP contribution is 2.24. The van der Waals surface area contributed by atoms with Crippen LogP contribution in [0.5, 0.6) is 0 Å². The summed E-state index contributed by atoms with van der Waals surface area (Å²) < 4.78 is 7.17. The Bertz CT molecular complexity index is 1010. The van der Waals surface area contributed by atoms with Gasteiger partial charge in [0.2, 0.25) is 0 Å². The number of ether oxygens (including phenoxy) is 1. The van der Waals surface area contributed by atoms with Gasteiger partial charge in [-0.1, -0.05) is 60.7 Å². The summed E-state index contributed by atoms with van der Waals surface area (Å²) in [6, 6.07) is 19.9. The van der Waals surface area contributed by atoms with Crippen molar-refractivity contribution < 1.29 is 14.3 Å². The summed E-state index contributed by atoms with van der Waals surface area (Å²) in [6.07, 6.45) is 0.750. The van der Waals surface area contributed by atoms with Crippen molar-refractivity contribution >= 4 is 11.9 Å². The molecule has 0 atom stereocenters. The monoisotopic (exact) mass is 404 g/mol. The fourth-order valence-electron chi connectivity index (χ4n) is 3.71. The van der Waals surface area contributed by atoms with Gasteiger partial charge in [-0.3, -0.25) is 4.79 Å². The molecule has 156 valence electrons. The minimum absolute atomic E-state index is 0.168. The van der Waals surface area contributed by atoms with Crippen molar-refractivity contribution in [3.63, 3.8) is 0 Å². The highest BCUT2D eigenvalue weighted by molar-refractivity contribution is 6.01. The Hall–Kier alpha value is -3.34. The SMILES string of the molecule is CCOC(=O)c1c(C)c(C(=O)NCCc2ccccc2)c(C)n1Cc1ccccc1. The van der Waals surface area contributed by atoms with Gasteiger partial charge in [0.15, 0.2) is 0 Å².